The predicted molar refractivity (Wildman–Crippen MR) is 84.7 cm³/mol. The van der Waals surface area contributed by atoms with Crippen LogP contribution in [0.4, 0.5) is 0 Å². The number of carbonyl (C=O) groups excluding carboxylic acids is 1. The first-order valence-electron chi connectivity index (χ1n) is 7.39. The number of rotatable bonds is 3. The van der Waals surface area contributed by atoms with E-state index in [0.29, 0.717) is 0 Å². The molecule has 0 bridgehead atoms. The first kappa shape index (κ1) is 12.4. The van der Waals surface area contributed by atoms with Crippen LogP contribution in [-0.2, 0) is 5.41 Å². The second-order valence-electron chi connectivity index (χ2n) is 6.03. The summed E-state index contributed by atoms with van der Waals surface area (Å²) in [5.41, 5.74) is 3.90. The van der Waals surface area contributed by atoms with Crippen molar-refractivity contribution < 1.29 is 4.79 Å². The van der Waals surface area contributed by atoms with Gasteiger partial charge in [0, 0.05) is 22.7 Å². The number of benzene rings is 2. The summed E-state index contributed by atoms with van der Waals surface area (Å²) in [5, 5.41) is 1.04. The average molecular weight is 275 g/mol. The van der Waals surface area contributed by atoms with Gasteiger partial charge in [0.25, 0.3) is 0 Å². The van der Waals surface area contributed by atoms with Crippen molar-refractivity contribution in [2.45, 2.75) is 25.2 Å². The molecule has 1 aromatic heterocycles. The lowest BCUT2D eigenvalue weighted by molar-refractivity contribution is 0.0948. The summed E-state index contributed by atoms with van der Waals surface area (Å²) in [6.07, 6.45) is 3.78. The zero-order valence-corrected chi connectivity index (χ0v) is 12.0. The smallest absolute Gasteiger partial charge is 0.175 e. The minimum absolute atomic E-state index is 0.255. The van der Waals surface area contributed by atoms with Gasteiger partial charge in [0.05, 0.1) is 5.41 Å². The highest BCUT2D eigenvalue weighted by Crippen LogP contribution is 2.51. The van der Waals surface area contributed by atoms with Crippen LogP contribution < -0.4 is 0 Å². The number of fused-ring (bicyclic) bond motifs is 1. The Balaban J connectivity index is 1.82. The summed E-state index contributed by atoms with van der Waals surface area (Å²) >= 11 is 0. The average Bonchev–Trinajstić information content (AvgIpc) is 3.23. The molecule has 1 aliphatic carbocycles. The Kier molecular flexibility index (Phi) is 2.55. The number of hydrogen-bond donors (Lipinski definition) is 1. The van der Waals surface area contributed by atoms with Crippen molar-refractivity contribution in [1.29, 1.82) is 0 Å². The number of Topliss-reactive ketones (excluding diaryl/α,β-unsaturated/α-hetero) is 1. The molecular weight excluding hydrogens is 258 g/mol. The topological polar surface area (TPSA) is 32.9 Å². The van der Waals surface area contributed by atoms with Gasteiger partial charge in [0.15, 0.2) is 5.78 Å². The van der Waals surface area contributed by atoms with Gasteiger partial charge in [0.1, 0.15) is 0 Å². The van der Waals surface area contributed by atoms with E-state index < -0.39 is 0 Å². The van der Waals surface area contributed by atoms with E-state index in [1.54, 1.807) is 0 Å². The van der Waals surface area contributed by atoms with Crippen molar-refractivity contribution in [3.8, 4) is 0 Å². The number of aromatic nitrogens is 1. The maximum Gasteiger partial charge on any atom is 0.175 e. The van der Waals surface area contributed by atoms with Crippen molar-refractivity contribution in [2.24, 2.45) is 0 Å². The van der Waals surface area contributed by atoms with Gasteiger partial charge in [-0.1, -0.05) is 42.0 Å². The van der Waals surface area contributed by atoms with Gasteiger partial charge in [-0.15, -0.1) is 0 Å². The number of ketones is 1. The summed E-state index contributed by atoms with van der Waals surface area (Å²) in [6.45, 7) is 2.06. The van der Waals surface area contributed by atoms with E-state index in [2.05, 4.69) is 36.2 Å². The lowest BCUT2D eigenvalue weighted by atomic mass is 9.87. The van der Waals surface area contributed by atoms with Crippen LogP contribution in [0.25, 0.3) is 10.9 Å². The highest BCUT2D eigenvalue weighted by molar-refractivity contribution is 6.14. The maximum atomic E-state index is 13.1. The molecule has 1 fully saturated rings. The third-order valence-electron chi connectivity index (χ3n) is 4.59. The molecule has 2 heteroatoms. The van der Waals surface area contributed by atoms with Crippen LogP contribution >= 0.6 is 0 Å². The fraction of sp³-hybridized carbons (Fsp3) is 0.211. The van der Waals surface area contributed by atoms with Crippen LogP contribution in [-0.4, -0.2) is 10.8 Å². The molecule has 104 valence electrons. The van der Waals surface area contributed by atoms with Gasteiger partial charge in [-0.2, -0.15) is 0 Å². The first-order valence-corrected chi connectivity index (χ1v) is 7.39. The zero-order chi connectivity index (χ0) is 14.4. The number of H-pyrrole nitrogens is 1. The molecule has 1 N–H and O–H groups in total. The van der Waals surface area contributed by atoms with Crippen LogP contribution in [0, 0.1) is 6.92 Å². The van der Waals surface area contributed by atoms with Gasteiger partial charge >= 0.3 is 0 Å². The van der Waals surface area contributed by atoms with E-state index in [9.17, 15) is 4.79 Å². The molecule has 0 atom stereocenters. The van der Waals surface area contributed by atoms with Gasteiger partial charge < -0.3 is 4.98 Å². The minimum Gasteiger partial charge on any atom is -0.360 e. The number of hydrogen-bond acceptors (Lipinski definition) is 1. The van der Waals surface area contributed by atoms with Crippen molar-refractivity contribution in [2.75, 3.05) is 0 Å². The van der Waals surface area contributed by atoms with Gasteiger partial charge in [-0.25, -0.2) is 0 Å². The first-order chi connectivity index (χ1) is 10.2. The predicted octanol–water partition coefficient (Wildman–Crippen LogP) is 4.39. The normalized spacial score (nSPS) is 16.0. The van der Waals surface area contributed by atoms with Gasteiger partial charge in [-0.05, 0) is 37.5 Å². The molecule has 0 unspecified atom stereocenters. The Morgan fingerprint density at radius 1 is 1.10 bits per heavy atom. The van der Waals surface area contributed by atoms with E-state index >= 15 is 0 Å². The summed E-state index contributed by atoms with van der Waals surface area (Å²) in [7, 11) is 0. The van der Waals surface area contributed by atoms with Crippen molar-refractivity contribution in [3.63, 3.8) is 0 Å². The van der Waals surface area contributed by atoms with Crippen LogP contribution in [0.2, 0.25) is 0 Å². The fourth-order valence-electron chi connectivity index (χ4n) is 3.21. The molecule has 3 aromatic rings. The molecular formula is C19H17NO. The second kappa shape index (κ2) is 4.32. The lowest BCUT2D eigenvalue weighted by Crippen LogP contribution is -2.20. The minimum atomic E-state index is -0.292. The van der Waals surface area contributed by atoms with Crippen LogP contribution in [0.15, 0.2) is 54.7 Å². The lowest BCUT2D eigenvalue weighted by Gasteiger charge is -2.14. The SMILES string of the molecule is Cc1ccc2[nH]cc(C(=O)C3(c4ccccc4)CC3)c2c1. The summed E-state index contributed by atoms with van der Waals surface area (Å²) < 4.78 is 0. The molecule has 0 radical (unpaired) electrons. The van der Waals surface area contributed by atoms with Crippen LogP contribution in [0.3, 0.4) is 0 Å². The molecule has 1 heterocycles. The molecule has 0 spiro atoms. The summed E-state index contributed by atoms with van der Waals surface area (Å²) in [4.78, 5) is 16.3. The molecule has 1 aliphatic rings. The summed E-state index contributed by atoms with van der Waals surface area (Å²) in [6, 6.07) is 16.4. The third kappa shape index (κ3) is 1.83. The highest BCUT2D eigenvalue weighted by Gasteiger charge is 2.51. The monoisotopic (exact) mass is 275 g/mol. The Morgan fingerprint density at radius 2 is 1.86 bits per heavy atom. The second-order valence-corrected chi connectivity index (χ2v) is 6.03. The molecule has 0 amide bonds. The molecule has 2 nitrogen and oxygen atoms in total. The molecule has 4 rings (SSSR count). The maximum absolute atomic E-state index is 13.1. The van der Waals surface area contributed by atoms with E-state index in [1.807, 2.05) is 30.5 Å². The fourth-order valence-corrected chi connectivity index (χ4v) is 3.21. The van der Waals surface area contributed by atoms with E-state index in [-0.39, 0.29) is 11.2 Å². The number of aryl methyl sites for hydroxylation is 1. The third-order valence-corrected chi connectivity index (χ3v) is 4.59. The Morgan fingerprint density at radius 3 is 2.57 bits per heavy atom. The van der Waals surface area contributed by atoms with Gasteiger partial charge in [0.2, 0.25) is 0 Å². The quantitative estimate of drug-likeness (QED) is 0.706. The number of carbonyl (C=O) groups is 1. The van der Waals surface area contributed by atoms with Gasteiger partial charge in [-0.3, -0.25) is 4.79 Å². The van der Waals surface area contributed by atoms with E-state index in [1.165, 1.54) is 5.56 Å². The number of aromatic amines is 1. The molecule has 1 saturated carbocycles. The van der Waals surface area contributed by atoms with Crippen LogP contribution in [0.5, 0.6) is 0 Å². The highest BCUT2D eigenvalue weighted by atomic mass is 16.1. The number of nitrogens with one attached hydrogen (secondary N) is 1. The Bertz CT molecular complexity index is 825. The zero-order valence-electron chi connectivity index (χ0n) is 12.0. The van der Waals surface area contributed by atoms with Crippen molar-refractivity contribution in [3.05, 3.63) is 71.4 Å². The van der Waals surface area contributed by atoms with E-state index in [0.717, 1.165) is 34.9 Å². The van der Waals surface area contributed by atoms with E-state index in [4.69, 9.17) is 0 Å². The molecule has 0 saturated heterocycles. The molecule has 2 aromatic carbocycles. The van der Waals surface area contributed by atoms with Crippen LogP contribution in [0.1, 0.15) is 34.3 Å². The Labute approximate surface area is 123 Å². The standard InChI is InChI=1S/C19H17NO/c1-13-7-8-17-15(11-13)16(12-20-17)18(21)19(9-10-19)14-5-3-2-4-6-14/h2-8,11-12,20H,9-10H2,1H3. The van der Waals surface area contributed by atoms with Crippen molar-refractivity contribution in [1.82, 2.24) is 4.98 Å². The molecule has 0 aliphatic heterocycles. The largest absolute Gasteiger partial charge is 0.360 e. The Hall–Kier alpha value is -2.35. The van der Waals surface area contributed by atoms with Crippen molar-refractivity contribution >= 4 is 16.7 Å². The molecule has 21 heavy (non-hydrogen) atoms. The summed E-state index contributed by atoms with van der Waals surface area (Å²) in [5.74, 6) is 0.255.